The number of rotatable bonds is 15. The third kappa shape index (κ3) is 5.47. The Labute approximate surface area is 262 Å². The monoisotopic (exact) mass is 609 g/mol. The minimum Gasteiger partial charge on any atom is -0.465 e. The molecule has 1 aromatic carbocycles. The van der Waals surface area contributed by atoms with E-state index in [0.29, 0.717) is 24.9 Å². The molecule has 9 nitrogen and oxygen atoms in total. The summed E-state index contributed by atoms with van der Waals surface area (Å²) in [6, 6.07) is 6.14. The highest BCUT2D eigenvalue weighted by Gasteiger charge is 2.81. The number of aliphatic hydroxyl groups excluding tert-OH is 1. The lowest BCUT2D eigenvalue weighted by Crippen LogP contribution is -2.60. The van der Waals surface area contributed by atoms with E-state index in [0.717, 1.165) is 18.8 Å². The molecular formula is C35H51N3O6. The maximum absolute atomic E-state index is 14.9. The summed E-state index contributed by atoms with van der Waals surface area (Å²) < 4.78 is 12.6. The maximum Gasteiger partial charge on any atom is 0.312 e. The number of hydrogen-bond acceptors (Lipinski definition) is 7. The van der Waals surface area contributed by atoms with Crippen molar-refractivity contribution >= 4 is 29.2 Å². The SMILES string of the molecule is C=CCCCOC(=O)[C@@H]1[C@H]2C(=O)N([C@@H](CO)C(C)C)C(C(=O)N(CC=C)c3ccc(N(CC)CC)cc3)C23CC(C)[C@@]1(C)O3. The van der Waals surface area contributed by atoms with Crippen LogP contribution in [0, 0.1) is 23.7 Å². The van der Waals surface area contributed by atoms with Crippen LogP contribution in [0.25, 0.3) is 0 Å². The lowest BCUT2D eigenvalue weighted by Gasteiger charge is -2.40. The van der Waals surface area contributed by atoms with Gasteiger partial charge in [0.05, 0.1) is 30.8 Å². The molecule has 1 aromatic rings. The molecule has 1 N–H and O–H groups in total. The minimum absolute atomic E-state index is 0.111. The Balaban J connectivity index is 1.80. The molecule has 3 unspecified atom stereocenters. The Morgan fingerprint density at radius 3 is 2.34 bits per heavy atom. The van der Waals surface area contributed by atoms with Gasteiger partial charge >= 0.3 is 5.97 Å². The van der Waals surface area contributed by atoms with Gasteiger partial charge in [0.25, 0.3) is 5.91 Å². The fourth-order valence-electron chi connectivity index (χ4n) is 7.81. The van der Waals surface area contributed by atoms with E-state index in [1.54, 1.807) is 17.1 Å². The number of anilines is 2. The first-order valence-corrected chi connectivity index (χ1v) is 16.1. The number of amides is 2. The number of ether oxygens (including phenoxy) is 2. The van der Waals surface area contributed by atoms with Crippen LogP contribution in [-0.2, 0) is 23.9 Å². The zero-order valence-electron chi connectivity index (χ0n) is 27.3. The molecule has 0 aliphatic carbocycles. The van der Waals surface area contributed by atoms with E-state index in [2.05, 4.69) is 31.9 Å². The average molecular weight is 610 g/mol. The van der Waals surface area contributed by atoms with Gasteiger partial charge in [-0.3, -0.25) is 14.4 Å². The molecule has 9 heteroatoms. The van der Waals surface area contributed by atoms with Crippen molar-refractivity contribution in [1.29, 1.82) is 0 Å². The van der Waals surface area contributed by atoms with Gasteiger partial charge in [0.1, 0.15) is 17.6 Å². The number of esters is 1. The zero-order chi connectivity index (χ0) is 32.4. The van der Waals surface area contributed by atoms with Crippen LogP contribution >= 0.6 is 0 Å². The standard InChI is InChI=1S/C35H51N3O6/c1-9-13-14-20-43-33(42)29-28-31(40)38(27(22-39)23(5)6)30(35(28)21-24(7)34(29,8)44-35)32(41)37(19-10-2)26-17-15-25(16-18-26)36(11-3)12-4/h9-10,15-18,23-24,27-30,39H,1-2,11-14,19-22H2,3-8H3/t24?,27-,28-,29-,30?,34+,35?/m0/s1. The Morgan fingerprint density at radius 2 is 1.80 bits per heavy atom. The zero-order valence-corrected chi connectivity index (χ0v) is 27.3. The van der Waals surface area contributed by atoms with E-state index in [1.165, 1.54) is 4.90 Å². The molecule has 242 valence electrons. The molecule has 3 aliphatic heterocycles. The normalized spacial score (nSPS) is 29.5. The van der Waals surface area contributed by atoms with Crippen molar-refractivity contribution in [2.45, 2.75) is 84.1 Å². The number of likely N-dealkylation sites (tertiary alicyclic amines) is 1. The van der Waals surface area contributed by atoms with Gasteiger partial charge < -0.3 is 29.3 Å². The van der Waals surface area contributed by atoms with E-state index in [1.807, 2.05) is 52.0 Å². The second-order valence-corrected chi connectivity index (χ2v) is 13.0. The predicted molar refractivity (Wildman–Crippen MR) is 172 cm³/mol. The fourth-order valence-corrected chi connectivity index (χ4v) is 7.81. The predicted octanol–water partition coefficient (Wildman–Crippen LogP) is 4.59. The molecule has 7 atom stereocenters. The lowest BCUT2D eigenvalue weighted by molar-refractivity contribution is -0.162. The van der Waals surface area contributed by atoms with Crippen LogP contribution < -0.4 is 9.80 Å². The van der Waals surface area contributed by atoms with Gasteiger partial charge in [-0.1, -0.05) is 32.9 Å². The molecule has 4 rings (SSSR count). The molecule has 3 aliphatic rings. The van der Waals surface area contributed by atoms with Crippen molar-refractivity contribution in [3.8, 4) is 0 Å². The van der Waals surface area contributed by atoms with Gasteiger partial charge in [-0.2, -0.15) is 0 Å². The summed E-state index contributed by atoms with van der Waals surface area (Å²) in [7, 11) is 0. The summed E-state index contributed by atoms with van der Waals surface area (Å²) in [4.78, 5) is 48.6. The van der Waals surface area contributed by atoms with Gasteiger partial charge in [0.15, 0.2) is 0 Å². The van der Waals surface area contributed by atoms with Gasteiger partial charge in [-0.15, -0.1) is 13.2 Å². The number of aliphatic hydroxyl groups is 1. The van der Waals surface area contributed by atoms with Crippen molar-refractivity contribution in [2.75, 3.05) is 42.6 Å². The number of fused-ring (bicyclic) bond motifs is 1. The number of benzene rings is 1. The van der Waals surface area contributed by atoms with Crippen LogP contribution in [0.3, 0.4) is 0 Å². The highest BCUT2D eigenvalue weighted by molar-refractivity contribution is 6.05. The Morgan fingerprint density at radius 1 is 1.16 bits per heavy atom. The highest BCUT2D eigenvalue weighted by Crippen LogP contribution is 2.66. The van der Waals surface area contributed by atoms with Crippen molar-refractivity contribution in [1.82, 2.24) is 4.90 Å². The Hall–Kier alpha value is -3.17. The smallest absolute Gasteiger partial charge is 0.312 e. The van der Waals surface area contributed by atoms with Gasteiger partial charge in [-0.05, 0) is 76.1 Å². The summed E-state index contributed by atoms with van der Waals surface area (Å²) in [5, 5.41) is 10.6. The molecule has 0 aromatic heterocycles. The van der Waals surface area contributed by atoms with Crippen molar-refractivity contribution in [3.05, 3.63) is 49.6 Å². The number of carbonyl (C=O) groups is 3. The quantitative estimate of drug-likeness (QED) is 0.176. The van der Waals surface area contributed by atoms with E-state index >= 15 is 0 Å². The summed E-state index contributed by atoms with van der Waals surface area (Å²) in [6.07, 6.45) is 5.22. The minimum atomic E-state index is -1.24. The van der Waals surface area contributed by atoms with Crippen molar-refractivity contribution < 1.29 is 29.0 Å². The summed E-state index contributed by atoms with van der Waals surface area (Å²) in [5.74, 6) is -3.15. The second kappa shape index (κ2) is 13.4. The average Bonchev–Trinajstić information content (AvgIpc) is 3.51. The van der Waals surface area contributed by atoms with Gasteiger partial charge in [-0.25, -0.2) is 0 Å². The third-order valence-electron chi connectivity index (χ3n) is 10.2. The molecule has 3 saturated heterocycles. The first kappa shape index (κ1) is 33.7. The number of hydrogen-bond donors (Lipinski definition) is 1. The van der Waals surface area contributed by atoms with Crippen molar-refractivity contribution in [3.63, 3.8) is 0 Å². The third-order valence-corrected chi connectivity index (χ3v) is 10.2. The van der Waals surface area contributed by atoms with Crippen LogP contribution in [0.2, 0.25) is 0 Å². The molecule has 3 fully saturated rings. The molecule has 2 amide bonds. The first-order chi connectivity index (χ1) is 21.0. The number of nitrogens with zero attached hydrogens (tertiary/aromatic N) is 3. The molecule has 3 heterocycles. The molecule has 0 saturated carbocycles. The number of allylic oxidation sites excluding steroid dienone is 1. The number of unbranched alkanes of at least 4 members (excludes halogenated alkanes) is 1. The van der Waals surface area contributed by atoms with E-state index in [-0.39, 0.29) is 43.4 Å². The first-order valence-electron chi connectivity index (χ1n) is 16.1. The Kier molecular flexibility index (Phi) is 10.3. The molecule has 2 bridgehead atoms. The van der Waals surface area contributed by atoms with Crippen molar-refractivity contribution in [2.24, 2.45) is 23.7 Å². The van der Waals surface area contributed by atoms with Crippen LogP contribution in [0.15, 0.2) is 49.6 Å². The highest BCUT2D eigenvalue weighted by atomic mass is 16.6. The topological polar surface area (TPSA) is 99.6 Å². The van der Waals surface area contributed by atoms with Crippen LogP contribution in [0.5, 0.6) is 0 Å². The van der Waals surface area contributed by atoms with Gasteiger partial charge in [0, 0.05) is 31.0 Å². The lowest BCUT2D eigenvalue weighted by atomic mass is 9.62. The van der Waals surface area contributed by atoms with E-state index < -0.39 is 41.1 Å². The van der Waals surface area contributed by atoms with E-state index in [9.17, 15) is 19.5 Å². The maximum atomic E-state index is 14.9. The molecule has 44 heavy (non-hydrogen) atoms. The largest absolute Gasteiger partial charge is 0.465 e. The second-order valence-electron chi connectivity index (χ2n) is 13.0. The molecule has 0 radical (unpaired) electrons. The van der Waals surface area contributed by atoms with Crippen LogP contribution in [0.1, 0.15) is 60.8 Å². The summed E-state index contributed by atoms with van der Waals surface area (Å²) in [6.45, 7) is 21.4. The fraction of sp³-hybridized carbons (Fsp3) is 0.629. The summed E-state index contributed by atoms with van der Waals surface area (Å²) in [5.41, 5.74) is -0.485. The van der Waals surface area contributed by atoms with Gasteiger partial charge in [0.2, 0.25) is 5.91 Å². The van der Waals surface area contributed by atoms with Crippen LogP contribution in [-0.4, -0.2) is 83.9 Å². The Bertz CT molecular complexity index is 1230. The van der Waals surface area contributed by atoms with Crippen LogP contribution in [0.4, 0.5) is 11.4 Å². The molecule has 1 spiro atoms. The summed E-state index contributed by atoms with van der Waals surface area (Å²) >= 11 is 0. The van der Waals surface area contributed by atoms with E-state index in [4.69, 9.17) is 9.47 Å². The number of carbonyl (C=O) groups excluding carboxylic acids is 3. The molecular weight excluding hydrogens is 558 g/mol.